The zero-order chi connectivity index (χ0) is 25.0. The number of hydrogen-bond acceptors (Lipinski definition) is 5. The molecular formula is C27H22F2O6. The number of hydrogen-bond donors (Lipinski definition) is 1. The Bertz CT molecular complexity index is 1360. The zero-order valence-electron chi connectivity index (χ0n) is 19.1. The van der Waals surface area contributed by atoms with Crippen molar-refractivity contribution in [1.82, 2.24) is 0 Å². The number of ether oxygens (including phenoxy) is 3. The molecule has 0 spiro atoms. The number of ketones is 1. The summed E-state index contributed by atoms with van der Waals surface area (Å²) in [4.78, 5) is 24.9. The number of benzene rings is 3. The molecule has 1 N–H and O–H groups in total. The van der Waals surface area contributed by atoms with E-state index in [2.05, 4.69) is 9.47 Å². The van der Waals surface area contributed by atoms with Crippen molar-refractivity contribution in [2.45, 2.75) is 37.9 Å². The molecule has 0 amide bonds. The van der Waals surface area contributed by atoms with Crippen LogP contribution < -0.4 is 14.2 Å². The van der Waals surface area contributed by atoms with Gasteiger partial charge in [0.1, 0.15) is 11.5 Å². The van der Waals surface area contributed by atoms with Crippen molar-refractivity contribution in [1.29, 1.82) is 0 Å². The van der Waals surface area contributed by atoms with Gasteiger partial charge in [-0.2, -0.15) is 0 Å². The van der Waals surface area contributed by atoms with Crippen molar-refractivity contribution in [2.75, 3.05) is 7.11 Å². The molecule has 1 aliphatic carbocycles. The number of fused-ring (bicyclic) bond motifs is 1. The molecule has 0 radical (unpaired) electrons. The largest absolute Gasteiger partial charge is 0.586 e. The summed E-state index contributed by atoms with van der Waals surface area (Å²) < 4.78 is 41.3. The highest BCUT2D eigenvalue weighted by Gasteiger charge is 2.52. The van der Waals surface area contributed by atoms with Gasteiger partial charge in [-0.25, -0.2) is 4.79 Å². The Morgan fingerprint density at radius 1 is 0.971 bits per heavy atom. The van der Waals surface area contributed by atoms with Crippen molar-refractivity contribution < 1.29 is 37.7 Å². The minimum atomic E-state index is -3.71. The van der Waals surface area contributed by atoms with Gasteiger partial charge in [0.2, 0.25) is 0 Å². The lowest BCUT2D eigenvalue weighted by Gasteiger charge is -2.17. The Kier molecular flexibility index (Phi) is 5.27. The minimum absolute atomic E-state index is 0.0239. The Balaban J connectivity index is 1.44. The minimum Gasteiger partial charge on any atom is -0.496 e. The molecule has 6 nitrogen and oxygen atoms in total. The fourth-order valence-electron chi connectivity index (χ4n) is 4.58. The lowest BCUT2D eigenvalue weighted by atomic mass is 9.86. The van der Waals surface area contributed by atoms with Crippen LogP contribution >= 0.6 is 0 Å². The molecule has 0 unspecified atom stereocenters. The van der Waals surface area contributed by atoms with E-state index in [1.54, 1.807) is 18.2 Å². The van der Waals surface area contributed by atoms with Crippen LogP contribution in [0.3, 0.4) is 0 Å². The summed E-state index contributed by atoms with van der Waals surface area (Å²) in [5, 5.41) is 9.41. The van der Waals surface area contributed by atoms with Gasteiger partial charge in [-0.1, -0.05) is 24.3 Å². The molecule has 1 aliphatic heterocycles. The number of aryl methyl sites for hydroxylation is 1. The van der Waals surface area contributed by atoms with E-state index in [1.807, 2.05) is 25.1 Å². The van der Waals surface area contributed by atoms with Gasteiger partial charge >= 0.3 is 12.3 Å². The van der Waals surface area contributed by atoms with Crippen molar-refractivity contribution in [3.63, 3.8) is 0 Å². The maximum absolute atomic E-state index is 13.4. The van der Waals surface area contributed by atoms with Crippen LogP contribution in [0.5, 0.6) is 17.2 Å². The van der Waals surface area contributed by atoms with Crippen molar-refractivity contribution >= 4 is 11.8 Å². The van der Waals surface area contributed by atoms with Crippen molar-refractivity contribution in [2.24, 2.45) is 0 Å². The molecule has 5 rings (SSSR count). The van der Waals surface area contributed by atoms with Gasteiger partial charge in [0.15, 0.2) is 11.5 Å². The summed E-state index contributed by atoms with van der Waals surface area (Å²) in [7, 11) is 1.51. The van der Waals surface area contributed by atoms with Gasteiger partial charge in [-0.05, 0) is 72.4 Å². The fourth-order valence-corrected chi connectivity index (χ4v) is 4.58. The average Bonchev–Trinajstić information content (AvgIpc) is 3.57. The quantitative estimate of drug-likeness (QED) is 0.479. The van der Waals surface area contributed by atoms with Crippen LogP contribution in [0.4, 0.5) is 8.78 Å². The van der Waals surface area contributed by atoms with Crippen molar-refractivity contribution in [3.8, 4) is 28.4 Å². The number of aromatic carboxylic acids is 1. The number of alkyl halides is 2. The molecule has 1 heterocycles. The summed E-state index contributed by atoms with van der Waals surface area (Å²) >= 11 is 0. The third-order valence-corrected chi connectivity index (χ3v) is 6.64. The van der Waals surface area contributed by atoms with E-state index < -0.39 is 17.7 Å². The molecule has 1 saturated carbocycles. The van der Waals surface area contributed by atoms with Gasteiger partial charge in [0.05, 0.1) is 18.1 Å². The van der Waals surface area contributed by atoms with Crippen LogP contribution in [-0.2, 0) is 16.6 Å². The molecule has 8 heteroatoms. The topological polar surface area (TPSA) is 82.1 Å². The standard InChI is InChI=1S/C27H22F2O6/c1-15-3-4-16(11-19(15)20-13-17(25(31)32)5-7-21(20)33-2)12-24(30)26(9-10-26)18-6-8-22-23(14-18)35-27(28,29)34-22/h3-8,11,13-14H,9-10,12H2,1-2H3,(H,31,32). The highest BCUT2D eigenvalue weighted by Crippen LogP contribution is 2.52. The predicted molar refractivity (Wildman–Crippen MR) is 122 cm³/mol. The van der Waals surface area contributed by atoms with Crippen LogP contribution in [0, 0.1) is 6.92 Å². The first kappa shape index (κ1) is 22.8. The second-order valence-corrected chi connectivity index (χ2v) is 8.88. The number of rotatable bonds is 7. The first-order valence-electron chi connectivity index (χ1n) is 11.1. The molecule has 35 heavy (non-hydrogen) atoms. The Morgan fingerprint density at radius 3 is 2.40 bits per heavy atom. The molecule has 0 saturated heterocycles. The molecule has 2 aliphatic rings. The SMILES string of the molecule is COc1ccc(C(=O)O)cc1-c1cc(CC(=O)C2(c3ccc4c(c3)OC(F)(F)O4)CC2)ccc1C. The summed E-state index contributed by atoms with van der Waals surface area (Å²) in [6.07, 6.45) is -2.33. The van der Waals surface area contributed by atoms with E-state index in [0.717, 1.165) is 16.7 Å². The Labute approximate surface area is 200 Å². The third kappa shape index (κ3) is 4.09. The van der Waals surface area contributed by atoms with Gasteiger partial charge in [0.25, 0.3) is 0 Å². The second-order valence-electron chi connectivity index (χ2n) is 8.88. The summed E-state index contributed by atoms with van der Waals surface area (Å²) in [5.74, 6) is -0.672. The molecule has 3 aromatic carbocycles. The van der Waals surface area contributed by atoms with Crippen LogP contribution in [0.25, 0.3) is 11.1 Å². The highest BCUT2D eigenvalue weighted by atomic mass is 19.3. The van der Waals surface area contributed by atoms with Crippen LogP contribution in [-0.4, -0.2) is 30.3 Å². The molecule has 0 bridgehead atoms. The molecule has 3 aromatic rings. The number of Topliss-reactive ketones (excluding diaryl/α,β-unsaturated/α-hetero) is 1. The summed E-state index contributed by atoms with van der Waals surface area (Å²) in [5.41, 5.74) is 3.07. The predicted octanol–water partition coefficient (Wildman–Crippen LogP) is 5.53. The van der Waals surface area contributed by atoms with Crippen LogP contribution in [0.1, 0.15) is 39.9 Å². The van der Waals surface area contributed by atoms with Gasteiger partial charge in [-0.3, -0.25) is 4.79 Å². The molecular weight excluding hydrogens is 458 g/mol. The normalized spacial score (nSPS) is 16.6. The second kappa shape index (κ2) is 8.08. The molecule has 0 aromatic heterocycles. The average molecular weight is 480 g/mol. The van der Waals surface area contributed by atoms with E-state index in [4.69, 9.17) is 4.74 Å². The number of halogens is 2. The number of carboxylic acid groups (broad SMARTS) is 1. The highest BCUT2D eigenvalue weighted by molar-refractivity contribution is 5.95. The lowest BCUT2D eigenvalue weighted by molar-refractivity contribution is -0.286. The maximum atomic E-state index is 13.4. The van der Waals surface area contributed by atoms with Gasteiger partial charge in [-0.15, -0.1) is 8.78 Å². The maximum Gasteiger partial charge on any atom is 0.586 e. The van der Waals surface area contributed by atoms with E-state index in [1.165, 1.54) is 25.3 Å². The molecule has 1 fully saturated rings. The Morgan fingerprint density at radius 2 is 1.71 bits per heavy atom. The number of carbonyl (C=O) groups is 2. The smallest absolute Gasteiger partial charge is 0.496 e. The molecule has 0 atom stereocenters. The molecule has 180 valence electrons. The summed E-state index contributed by atoms with van der Waals surface area (Å²) in [6.45, 7) is 1.90. The van der Waals surface area contributed by atoms with E-state index in [0.29, 0.717) is 29.7 Å². The first-order chi connectivity index (χ1) is 16.6. The third-order valence-electron chi connectivity index (χ3n) is 6.64. The van der Waals surface area contributed by atoms with E-state index in [9.17, 15) is 23.5 Å². The van der Waals surface area contributed by atoms with E-state index >= 15 is 0 Å². The number of carboxylic acids is 1. The fraction of sp³-hybridized carbons (Fsp3) is 0.259. The summed E-state index contributed by atoms with van der Waals surface area (Å²) in [6, 6.07) is 14.8. The lowest BCUT2D eigenvalue weighted by Crippen LogP contribution is -2.26. The zero-order valence-corrected chi connectivity index (χ0v) is 19.1. The van der Waals surface area contributed by atoms with Crippen molar-refractivity contribution in [3.05, 3.63) is 76.9 Å². The van der Waals surface area contributed by atoms with Gasteiger partial charge < -0.3 is 19.3 Å². The number of carbonyl (C=O) groups excluding carboxylic acids is 1. The first-order valence-corrected chi connectivity index (χ1v) is 11.1. The van der Waals surface area contributed by atoms with Crippen LogP contribution in [0.15, 0.2) is 54.6 Å². The van der Waals surface area contributed by atoms with Crippen LogP contribution in [0.2, 0.25) is 0 Å². The monoisotopic (exact) mass is 480 g/mol. The Hall–Kier alpha value is -3.94. The number of methoxy groups -OCH3 is 1. The van der Waals surface area contributed by atoms with E-state index in [-0.39, 0.29) is 29.3 Å². The van der Waals surface area contributed by atoms with Gasteiger partial charge in [0, 0.05) is 12.0 Å².